The third-order valence-corrected chi connectivity index (χ3v) is 5.02. The van der Waals surface area contributed by atoms with E-state index in [2.05, 4.69) is 20.3 Å². The van der Waals surface area contributed by atoms with Crippen LogP contribution in [0.1, 0.15) is 42.5 Å². The van der Waals surface area contributed by atoms with Gasteiger partial charge >= 0.3 is 6.61 Å². The Hall–Kier alpha value is -2.19. The van der Waals surface area contributed by atoms with Crippen LogP contribution >= 0.6 is 12.4 Å². The molecule has 28 heavy (non-hydrogen) atoms. The van der Waals surface area contributed by atoms with Gasteiger partial charge in [0.05, 0.1) is 17.5 Å². The summed E-state index contributed by atoms with van der Waals surface area (Å²) in [4.78, 5) is 12.8. The Morgan fingerprint density at radius 1 is 1.32 bits per heavy atom. The smallest absolute Gasteiger partial charge is 0.387 e. The molecule has 1 atom stereocenters. The number of nitrogens with one attached hydrogen (secondary N) is 2. The summed E-state index contributed by atoms with van der Waals surface area (Å²) in [5, 5.41) is 9.74. The van der Waals surface area contributed by atoms with Gasteiger partial charge in [-0.05, 0) is 30.9 Å². The van der Waals surface area contributed by atoms with E-state index in [1.54, 1.807) is 12.1 Å². The van der Waals surface area contributed by atoms with Crippen LogP contribution in [0.4, 0.5) is 8.78 Å². The molecular weight excluding hydrogens is 390 g/mol. The average Bonchev–Trinajstić information content (AvgIpc) is 3.16. The van der Waals surface area contributed by atoms with E-state index in [0.29, 0.717) is 29.3 Å². The Labute approximate surface area is 168 Å². The van der Waals surface area contributed by atoms with Crippen molar-refractivity contribution in [3.63, 3.8) is 0 Å². The zero-order valence-corrected chi connectivity index (χ0v) is 16.2. The fourth-order valence-electron chi connectivity index (χ4n) is 3.66. The number of hydrogen-bond donors (Lipinski definition) is 3. The molecule has 1 aliphatic carbocycles. The Morgan fingerprint density at radius 2 is 2.07 bits per heavy atom. The summed E-state index contributed by atoms with van der Waals surface area (Å²) in [5.74, 6) is 0.122. The molecule has 1 heterocycles. The average molecular weight is 415 g/mol. The molecule has 1 aliphatic rings. The number of halogens is 3. The van der Waals surface area contributed by atoms with Gasteiger partial charge in [-0.15, -0.1) is 12.4 Å². The molecule has 154 valence electrons. The number of aromatic nitrogens is 2. The van der Waals surface area contributed by atoms with Gasteiger partial charge in [0.1, 0.15) is 5.75 Å². The van der Waals surface area contributed by atoms with Gasteiger partial charge in [0.15, 0.2) is 0 Å². The second-order valence-corrected chi connectivity index (χ2v) is 6.78. The molecule has 0 saturated heterocycles. The number of carbonyl (C=O) groups is 1. The summed E-state index contributed by atoms with van der Waals surface area (Å²) in [6.45, 7) is -2.54. The molecule has 0 bridgehead atoms. The number of amides is 1. The van der Waals surface area contributed by atoms with Crippen LogP contribution in [0.5, 0.6) is 5.75 Å². The molecule has 0 spiro atoms. The zero-order valence-electron chi connectivity index (χ0n) is 15.4. The third kappa shape index (κ3) is 5.42. The molecule has 0 aliphatic heterocycles. The first-order valence-corrected chi connectivity index (χ1v) is 9.18. The van der Waals surface area contributed by atoms with Crippen molar-refractivity contribution in [1.29, 1.82) is 0 Å². The SMILES string of the molecule is Cl.NCC(NC(=O)c1cn[nH]c1-c1cccc(OC(F)F)c1)C1CCCCC1. The number of rotatable bonds is 7. The second-order valence-electron chi connectivity index (χ2n) is 6.78. The monoisotopic (exact) mass is 414 g/mol. The van der Waals surface area contributed by atoms with E-state index in [4.69, 9.17) is 5.73 Å². The predicted octanol–water partition coefficient (Wildman–Crippen LogP) is 3.74. The van der Waals surface area contributed by atoms with Crippen molar-refractivity contribution in [3.05, 3.63) is 36.0 Å². The van der Waals surface area contributed by atoms with E-state index in [9.17, 15) is 13.6 Å². The molecule has 2 aromatic rings. The normalized spacial score (nSPS) is 15.7. The molecule has 1 unspecified atom stereocenters. The molecular formula is C19H25ClF2N4O2. The molecule has 1 aromatic heterocycles. The van der Waals surface area contributed by atoms with Crippen LogP contribution in [0.25, 0.3) is 11.3 Å². The van der Waals surface area contributed by atoms with E-state index in [1.807, 2.05) is 0 Å². The lowest BCUT2D eigenvalue weighted by molar-refractivity contribution is -0.0498. The van der Waals surface area contributed by atoms with Crippen LogP contribution in [0.15, 0.2) is 30.5 Å². The van der Waals surface area contributed by atoms with Gasteiger partial charge in [-0.25, -0.2) is 0 Å². The summed E-state index contributed by atoms with van der Waals surface area (Å²) in [6, 6.07) is 6.07. The minimum absolute atomic E-state index is 0. The first-order chi connectivity index (χ1) is 13.1. The van der Waals surface area contributed by atoms with Gasteiger partial charge in [0, 0.05) is 18.2 Å². The van der Waals surface area contributed by atoms with Gasteiger partial charge in [0.2, 0.25) is 0 Å². The molecule has 0 radical (unpaired) electrons. The second kappa shape index (κ2) is 10.4. The van der Waals surface area contributed by atoms with E-state index >= 15 is 0 Å². The van der Waals surface area contributed by atoms with Gasteiger partial charge in [-0.2, -0.15) is 13.9 Å². The van der Waals surface area contributed by atoms with Crippen molar-refractivity contribution in [2.45, 2.75) is 44.8 Å². The van der Waals surface area contributed by atoms with Gasteiger partial charge < -0.3 is 15.8 Å². The van der Waals surface area contributed by atoms with E-state index in [1.165, 1.54) is 24.8 Å². The summed E-state index contributed by atoms with van der Waals surface area (Å²) in [7, 11) is 0. The number of nitrogens with two attached hydrogens (primary N) is 1. The van der Waals surface area contributed by atoms with E-state index < -0.39 is 6.61 Å². The van der Waals surface area contributed by atoms with E-state index in [-0.39, 0.29) is 30.1 Å². The van der Waals surface area contributed by atoms with Crippen molar-refractivity contribution in [3.8, 4) is 17.0 Å². The quantitative estimate of drug-likeness (QED) is 0.643. The fourth-order valence-corrected chi connectivity index (χ4v) is 3.66. The van der Waals surface area contributed by atoms with Crippen LogP contribution in [-0.2, 0) is 0 Å². The molecule has 6 nitrogen and oxygen atoms in total. The molecule has 1 fully saturated rings. The number of carbonyl (C=O) groups excluding carboxylic acids is 1. The largest absolute Gasteiger partial charge is 0.435 e. The first-order valence-electron chi connectivity index (χ1n) is 9.18. The number of benzene rings is 1. The van der Waals surface area contributed by atoms with Crippen molar-refractivity contribution in [2.75, 3.05) is 6.54 Å². The van der Waals surface area contributed by atoms with Gasteiger partial charge in [-0.1, -0.05) is 31.4 Å². The Morgan fingerprint density at radius 3 is 2.75 bits per heavy atom. The van der Waals surface area contributed by atoms with Gasteiger partial charge in [0.25, 0.3) is 5.91 Å². The lowest BCUT2D eigenvalue weighted by atomic mass is 9.84. The number of alkyl halides is 2. The maximum atomic E-state index is 12.8. The highest BCUT2D eigenvalue weighted by molar-refractivity contribution is 6.00. The van der Waals surface area contributed by atoms with E-state index in [0.717, 1.165) is 25.7 Å². The molecule has 9 heteroatoms. The number of ether oxygens (including phenoxy) is 1. The fraction of sp³-hybridized carbons (Fsp3) is 0.474. The molecule has 1 amide bonds. The highest BCUT2D eigenvalue weighted by Crippen LogP contribution is 2.28. The maximum absolute atomic E-state index is 12.8. The summed E-state index contributed by atoms with van der Waals surface area (Å²) < 4.78 is 29.3. The standard InChI is InChI=1S/C19H24F2N4O2.ClH/c20-19(21)27-14-8-4-7-13(9-14)17-15(11-23-25-17)18(26)24-16(10-22)12-5-2-1-3-6-12;/h4,7-9,11-12,16,19H,1-3,5-6,10,22H2,(H,23,25)(H,24,26);1H. The molecule has 3 rings (SSSR count). The number of aromatic amines is 1. The zero-order chi connectivity index (χ0) is 19.2. The number of nitrogens with zero attached hydrogens (tertiary/aromatic N) is 1. The Kier molecular flexibility index (Phi) is 8.19. The van der Waals surface area contributed by atoms with Crippen molar-refractivity contribution < 1.29 is 18.3 Å². The topological polar surface area (TPSA) is 93.0 Å². The third-order valence-electron chi connectivity index (χ3n) is 5.02. The van der Waals surface area contributed by atoms with Crippen LogP contribution in [0.3, 0.4) is 0 Å². The van der Waals surface area contributed by atoms with Crippen LogP contribution in [-0.4, -0.2) is 35.3 Å². The molecule has 1 aromatic carbocycles. The minimum atomic E-state index is -2.91. The Bertz CT molecular complexity index is 766. The summed E-state index contributed by atoms with van der Waals surface area (Å²) >= 11 is 0. The minimum Gasteiger partial charge on any atom is -0.435 e. The maximum Gasteiger partial charge on any atom is 0.387 e. The Balaban J connectivity index is 0.00000280. The number of hydrogen-bond acceptors (Lipinski definition) is 4. The van der Waals surface area contributed by atoms with Crippen LogP contribution in [0.2, 0.25) is 0 Å². The lowest BCUT2D eigenvalue weighted by Gasteiger charge is -2.30. The van der Waals surface area contributed by atoms with Crippen molar-refractivity contribution >= 4 is 18.3 Å². The summed E-state index contributed by atoms with van der Waals surface area (Å²) in [6.07, 6.45) is 7.10. The molecule has 4 N–H and O–H groups in total. The van der Waals surface area contributed by atoms with Crippen LogP contribution < -0.4 is 15.8 Å². The van der Waals surface area contributed by atoms with Gasteiger partial charge in [-0.3, -0.25) is 9.89 Å². The highest BCUT2D eigenvalue weighted by atomic mass is 35.5. The van der Waals surface area contributed by atoms with Crippen LogP contribution in [0, 0.1) is 5.92 Å². The van der Waals surface area contributed by atoms with Crippen molar-refractivity contribution in [1.82, 2.24) is 15.5 Å². The first kappa shape index (κ1) is 22.1. The molecule has 1 saturated carbocycles. The van der Waals surface area contributed by atoms with Crippen molar-refractivity contribution in [2.24, 2.45) is 11.7 Å². The number of H-pyrrole nitrogens is 1. The predicted molar refractivity (Wildman–Crippen MR) is 105 cm³/mol. The highest BCUT2D eigenvalue weighted by Gasteiger charge is 2.26. The summed E-state index contributed by atoms with van der Waals surface area (Å²) in [5.41, 5.74) is 7.23. The lowest BCUT2D eigenvalue weighted by Crippen LogP contribution is -2.45.